The molecule has 1 N–H and O–H groups in total. The number of anilines is 1. The Bertz CT molecular complexity index is 1220. The van der Waals surface area contributed by atoms with Gasteiger partial charge in [0.05, 0.1) is 13.3 Å². The second-order valence-corrected chi connectivity index (χ2v) is 9.83. The molecule has 1 aromatic heterocycles. The average Bonchev–Trinajstić information content (AvgIpc) is 3.14. The molecule has 178 valence electrons. The van der Waals surface area contributed by atoms with Gasteiger partial charge in [-0.05, 0) is 88.1 Å². The minimum atomic E-state index is -0.254. The molecule has 6 nitrogen and oxygen atoms in total. The summed E-state index contributed by atoms with van der Waals surface area (Å²) >= 11 is 0. The summed E-state index contributed by atoms with van der Waals surface area (Å²) in [6.45, 7) is 10.9. The van der Waals surface area contributed by atoms with E-state index in [0.29, 0.717) is 11.5 Å². The van der Waals surface area contributed by atoms with Crippen LogP contribution in [0.4, 0.5) is 5.69 Å². The predicted octanol–water partition coefficient (Wildman–Crippen LogP) is 5.59. The first-order chi connectivity index (χ1) is 16.1. The van der Waals surface area contributed by atoms with E-state index >= 15 is 0 Å². The summed E-state index contributed by atoms with van der Waals surface area (Å²) in [5, 5.41) is 4.23. The highest BCUT2D eigenvalue weighted by molar-refractivity contribution is 5.95. The summed E-state index contributed by atoms with van der Waals surface area (Å²) in [6, 6.07) is 15.9. The number of hydrogen-bond donors (Lipinski definition) is 1. The molecule has 0 saturated heterocycles. The van der Waals surface area contributed by atoms with Crippen LogP contribution in [0.2, 0.25) is 0 Å². The maximum atomic E-state index is 12.7. The zero-order chi connectivity index (χ0) is 24.6. The number of fused-ring (bicyclic) bond motifs is 1. The zero-order valence-corrected chi connectivity index (χ0v) is 21.1. The van der Waals surface area contributed by atoms with Crippen LogP contribution >= 0.6 is 0 Å². The van der Waals surface area contributed by atoms with Gasteiger partial charge in [0.25, 0.3) is 5.91 Å². The van der Waals surface area contributed by atoms with Gasteiger partial charge in [0.2, 0.25) is 0 Å². The number of carbonyl (C=O) groups excluding carboxylic acids is 1. The normalized spacial score (nSPS) is 17.0. The Kier molecular flexibility index (Phi) is 6.26. The Balaban J connectivity index is 1.51. The van der Waals surface area contributed by atoms with Crippen LogP contribution in [0, 0.1) is 13.8 Å². The lowest BCUT2D eigenvalue weighted by molar-refractivity contribution is 0.0955. The van der Waals surface area contributed by atoms with Gasteiger partial charge in [-0.3, -0.25) is 4.79 Å². The van der Waals surface area contributed by atoms with Gasteiger partial charge < -0.3 is 14.2 Å². The van der Waals surface area contributed by atoms with Gasteiger partial charge in [-0.25, -0.2) is 5.43 Å². The second-order valence-electron chi connectivity index (χ2n) is 9.83. The number of rotatable bonds is 5. The summed E-state index contributed by atoms with van der Waals surface area (Å²) in [4.78, 5) is 15.0. The van der Waals surface area contributed by atoms with Crippen molar-refractivity contribution < 1.29 is 9.53 Å². The van der Waals surface area contributed by atoms with Gasteiger partial charge in [0.15, 0.2) is 0 Å². The highest BCUT2D eigenvalue weighted by Gasteiger charge is 2.34. The molecule has 0 aliphatic carbocycles. The Labute approximate surface area is 202 Å². The zero-order valence-electron chi connectivity index (χ0n) is 21.1. The molecule has 34 heavy (non-hydrogen) atoms. The number of hydrogen-bond acceptors (Lipinski definition) is 4. The van der Waals surface area contributed by atoms with E-state index in [4.69, 9.17) is 4.74 Å². The number of nitrogens with one attached hydrogen (secondary N) is 1. The maximum Gasteiger partial charge on any atom is 0.271 e. The number of amides is 1. The number of benzene rings is 2. The number of carbonyl (C=O) groups is 1. The molecule has 1 atom stereocenters. The van der Waals surface area contributed by atoms with Crippen LogP contribution < -0.4 is 15.1 Å². The van der Waals surface area contributed by atoms with Crippen molar-refractivity contribution in [2.45, 2.75) is 52.5 Å². The Morgan fingerprint density at radius 2 is 1.76 bits per heavy atom. The van der Waals surface area contributed by atoms with Crippen LogP contribution in [0.5, 0.6) is 5.75 Å². The molecular weight excluding hydrogens is 424 g/mol. The van der Waals surface area contributed by atoms with Gasteiger partial charge in [-0.1, -0.05) is 6.92 Å². The quantitative estimate of drug-likeness (QED) is 0.401. The Morgan fingerprint density at radius 3 is 2.38 bits per heavy atom. The molecule has 0 bridgehead atoms. The van der Waals surface area contributed by atoms with Crippen molar-refractivity contribution in [2.24, 2.45) is 5.10 Å². The van der Waals surface area contributed by atoms with Crippen molar-refractivity contribution in [3.8, 4) is 11.4 Å². The maximum absolute atomic E-state index is 12.7. The van der Waals surface area contributed by atoms with Crippen LogP contribution in [-0.4, -0.2) is 36.4 Å². The van der Waals surface area contributed by atoms with E-state index in [1.165, 1.54) is 11.3 Å². The first-order valence-corrected chi connectivity index (χ1v) is 11.7. The molecule has 0 spiro atoms. The Hall–Kier alpha value is -3.54. The molecule has 1 aliphatic heterocycles. The number of nitrogens with zero attached hydrogens (tertiary/aromatic N) is 3. The SMILES string of the molecule is COc1cc2c(cc1/C=N\NC(=O)c1ccc(-n3c(C)ccc3C)cc1)C(C)CC(C)(C)N2C. The van der Waals surface area contributed by atoms with Crippen LogP contribution in [0.3, 0.4) is 0 Å². The van der Waals surface area contributed by atoms with E-state index in [-0.39, 0.29) is 11.4 Å². The van der Waals surface area contributed by atoms with Gasteiger partial charge in [0, 0.05) is 52.5 Å². The van der Waals surface area contributed by atoms with Crippen molar-refractivity contribution in [3.05, 3.63) is 76.6 Å². The monoisotopic (exact) mass is 458 g/mol. The fraction of sp³-hybridized carbons (Fsp3) is 0.357. The molecule has 6 heteroatoms. The van der Waals surface area contributed by atoms with Gasteiger partial charge >= 0.3 is 0 Å². The van der Waals surface area contributed by atoms with Crippen molar-refractivity contribution in [2.75, 3.05) is 19.1 Å². The van der Waals surface area contributed by atoms with Crippen LogP contribution in [0.1, 0.15) is 66.0 Å². The van der Waals surface area contributed by atoms with Crippen LogP contribution in [-0.2, 0) is 0 Å². The van der Waals surface area contributed by atoms with Crippen molar-refractivity contribution in [1.29, 1.82) is 0 Å². The highest BCUT2D eigenvalue weighted by Crippen LogP contribution is 2.44. The van der Waals surface area contributed by atoms with E-state index in [1.54, 1.807) is 13.3 Å². The van der Waals surface area contributed by atoms with E-state index in [9.17, 15) is 4.79 Å². The van der Waals surface area contributed by atoms with Crippen molar-refractivity contribution >= 4 is 17.8 Å². The van der Waals surface area contributed by atoms with E-state index < -0.39 is 0 Å². The highest BCUT2D eigenvalue weighted by atomic mass is 16.5. The summed E-state index contributed by atoms with van der Waals surface area (Å²) in [5.41, 5.74) is 9.90. The summed E-state index contributed by atoms with van der Waals surface area (Å²) in [7, 11) is 3.78. The third kappa shape index (κ3) is 4.32. The molecule has 3 aromatic rings. The molecule has 2 aromatic carbocycles. The number of ether oxygens (including phenoxy) is 1. The molecule has 0 fully saturated rings. The van der Waals surface area contributed by atoms with Crippen LogP contribution in [0.25, 0.3) is 5.69 Å². The Morgan fingerprint density at radius 1 is 1.12 bits per heavy atom. The van der Waals surface area contributed by atoms with E-state index in [1.807, 2.05) is 24.3 Å². The van der Waals surface area contributed by atoms with Gasteiger partial charge in [0.1, 0.15) is 5.75 Å². The molecule has 1 amide bonds. The topological polar surface area (TPSA) is 58.9 Å². The minimum absolute atomic E-state index is 0.0787. The third-order valence-corrected chi connectivity index (χ3v) is 7.01. The second kappa shape index (κ2) is 9.01. The summed E-state index contributed by atoms with van der Waals surface area (Å²) in [5.74, 6) is 0.894. The number of aromatic nitrogens is 1. The smallest absolute Gasteiger partial charge is 0.271 e. The minimum Gasteiger partial charge on any atom is -0.496 e. The molecule has 1 unspecified atom stereocenters. The lowest BCUT2D eigenvalue weighted by Crippen LogP contribution is -2.45. The lowest BCUT2D eigenvalue weighted by Gasteiger charge is -2.45. The van der Waals surface area contributed by atoms with E-state index in [0.717, 1.165) is 34.8 Å². The molecular formula is C28H34N4O2. The van der Waals surface area contributed by atoms with Gasteiger partial charge in [-0.15, -0.1) is 0 Å². The number of aryl methyl sites for hydroxylation is 2. The van der Waals surface area contributed by atoms with E-state index in [2.05, 4.69) is 85.9 Å². The number of hydrazone groups is 1. The average molecular weight is 459 g/mol. The van der Waals surface area contributed by atoms with Crippen molar-refractivity contribution in [3.63, 3.8) is 0 Å². The largest absolute Gasteiger partial charge is 0.496 e. The molecule has 0 radical (unpaired) electrons. The molecule has 1 aliphatic rings. The van der Waals surface area contributed by atoms with Crippen LogP contribution in [0.15, 0.2) is 53.6 Å². The standard InChI is InChI=1S/C28H34N4O2/c1-18-16-28(4,5)31(6)25-15-26(34-7)22(14-24(18)25)17-29-30-27(33)21-10-12-23(13-11-21)32-19(2)8-9-20(32)3/h8-15,17-18H,16H2,1-7H3,(H,30,33)/b29-17-. The van der Waals surface area contributed by atoms with Gasteiger partial charge in [-0.2, -0.15) is 5.10 Å². The first-order valence-electron chi connectivity index (χ1n) is 11.7. The third-order valence-electron chi connectivity index (χ3n) is 7.01. The summed E-state index contributed by atoms with van der Waals surface area (Å²) < 4.78 is 7.79. The fourth-order valence-corrected chi connectivity index (χ4v) is 4.95. The molecule has 4 rings (SSSR count). The fourth-order valence-electron chi connectivity index (χ4n) is 4.95. The first kappa shape index (κ1) is 23.6. The number of methoxy groups -OCH3 is 1. The molecule has 0 saturated carbocycles. The lowest BCUT2D eigenvalue weighted by atomic mass is 9.80. The summed E-state index contributed by atoms with van der Waals surface area (Å²) in [6.07, 6.45) is 2.72. The molecule has 2 heterocycles. The predicted molar refractivity (Wildman–Crippen MR) is 139 cm³/mol. The van der Waals surface area contributed by atoms with Crippen molar-refractivity contribution in [1.82, 2.24) is 9.99 Å².